The van der Waals surface area contributed by atoms with Crippen LogP contribution in [0.25, 0.3) is 0 Å². The molecule has 1 aromatic carbocycles. The molecule has 0 aliphatic heterocycles. The Hall–Kier alpha value is -0.660. The zero-order valence-corrected chi connectivity index (χ0v) is 9.43. The Morgan fingerprint density at radius 3 is 2.57 bits per heavy atom. The Balaban J connectivity index is 2.99. The van der Waals surface area contributed by atoms with Gasteiger partial charge in [-0.05, 0) is 34.1 Å². The van der Waals surface area contributed by atoms with Gasteiger partial charge in [0, 0.05) is 0 Å². The van der Waals surface area contributed by atoms with Crippen LogP contribution in [0.3, 0.4) is 0 Å². The lowest BCUT2D eigenvalue weighted by Gasteiger charge is -2.05. The Labute approximate surface area is 89.1 Å². The van der Waals surface area contributed by atoms with Crippen LogP contribution in [0.1, 0.15) is 0 Å². The van der Waals surface area contributed by atoms with E-state index in [0.29, 0.717) is 0 Å². The molecule has 14 heavy (non-hydrogen) atoms. The van der Waals surface area contributed by atoms with Gasteiger partial charge >= 0.3 is 10.4 Å². The first-order valence-electron chi connectivity index (χ1n) is 3.40. The fourth-order valence-corrected chi connectivity index (χ4v) is 1.66. The van der Waals surface area contributed by atoms with Crippen molar-refractivity contribution in [2.45, 2.75) is 0 Å². The molecular formula is C7H6BrFO4S. The molecule has 78 valence electrons. The molecule has 0 bridgehead atoms. The van der Waals surface area contributed by atoms with Gasteiger partial charge in [-0.2, -0.15) is 8.42 Å². The van der Waals surface area contributed by atoms with Crippen molar-refractivity contribution in [1.82, 2.24) is 0 Å². The molecule has 1 rings (SSSR count). The zero-order chi connectivity index (χ0) is 10.8. The van der Waals surface area contributed by atoms with Crippen LogP contribution in [0.15, 0.2) is 22.7 Å². The molecule has 0 spiro atoms. The average molecular weight is 285 g/mol. The van der Waals surface area contributed by atoms with Crippen LogP contribution in [0, 0.1) is 5.82 Å². The topological polar surface area (TPSA) is 52.6 Å². The largest absolute Gasteiger partial charge is 0.448 e. The summed E-state index contributed by atoms with van der Waals surface area (Å²) in [5.41, 5.74) is 0. The van der Waals surface area contributed by atoms with E-state index in [1.807, 2.05) is 0 Å². The van der Waals surface area contributed by atoms with Crippen molar-refractivity contribution >= 4 is 26.3 Å². The second-order valence-corrected chi connectivity index (χ2v) is 4.40. The Kier molecular flexibility index (Phi) is 3.46. The van der Waals surface area contributed by atoms with E-state index in [-0.39, 0.29) is 10.2 Å². The molecule has 0 unspecified atom stereocenters. The van der Waals surface area contributed by atoms with Crippen LogP contribution >= 0.6 is 15.9 Å². The third kappa shape index (κ3) is 2.93. The van der Waals surface area contributed by atoms with Gasteiger partial charge < -0.3 is 4.18 Å². The predicted octanol–water partition coefficient (Wildman–Crippen LogP) is 1.86. The van der Waals surface area contributed by atoms with Gasteiger partial charge in [-0.1, -0.05) is 0 Å². The van der Waals surface area contributed by atoms with Crippen LogP contribution in [0.5, 0.6) is 5.75 Å². The molecule has 0 amide bonds. The lowest BCUT2D eigenvalue weighted by molar-refractivity contribution is 0.329. The third-order valence-electron chi connectivity index (χ3n) is 1.29. The SMILES string of the molecule is COS(=O)(=O)Oc1ccc(F)cc1Br. The maximum Gasteiger partial charge on any atom is 0.448 e. The van der Waals surface area contributed by atoms with E-state index in [9.17, 15) is 12.8 Å². The van der Waals surface area contributed by atoms with E-state index in [2.05, 4.69) is 24.3 Å². The van der Waals surface area contributed by atoms with E-state index in [0.717, 1.165) is 19.2 Å². The average Bonchev–Trinajstić information content (AvgIpc) is 2.10. The summed E-state index contributed by atoms with van der Waals surface area (Å²) in [5, 5.41) is 0. The summed E-state index contributed by atoms with van der Waals surface area (Å²) in [4.78, 5) is 0. The molecule has 0 fully saturated rings. The maximum absolute atomic E-state index is 12.6. The minimum Gasteiger partial charge on any atom is -0.360 e. The quantitative estimate of drug-likeness (QED) is 0.850. The molecule has 0 aliphatic rings. The summed E-state index contributed by atoms with van der Waals surface area (Å²) in [6.07, 6.45) is 0. The molecule has 4 nitrogen and oxygen atoms in total. The van der Waals surface area contributed by atoms with Crippen molar-refractivity contribution in [2.24, 2.45) is 0 Å². The minimum atomic E-state index is -4.06. The predicted molar refractivity (Wildman–Crippen MR) is 50.7 cm³/mol. The van der Waals surface area contributed by atoms with Crippen molar-refractivity contribution in [1.29, 1.82) is 0 Å². The summed E-state index contributed by atoms with van der Waals surface area (Å²) in [6, 6.07) is 3.34. The van der Waals surface area contributed by atoms with Crippen molar-refractivity contribution in [3.63, 3.8) is 0 Å². The second kappa shape index (κ2) is 4.24. The van der Waals surface area contributed by atoms with Crippen molar-refractivity contribution in [3.8, 4) is 5.75 Å². The smallest absolute Gasteiger partial charge is 0.360 e. The van der Waals surface area contributed by atoms with Crippen LogP contribution < -0.4 is 4.18 Å². The molecule has 0 heterocycles. The van der Waals surface area contributed by atoms with Gasteiger partial charge in [-0.15, -0.1) is 0 Å². The molecule has 0 saturated heterocycles. The van der Waals surface area contributed by atoms with Crippen LogP contribution in [0.2, 0.25) is 0 Å². The highest BCUT2D eigenvalue weighted by molar-refractivity contribution is 9.10. The molecular weight excluding hydrogens is 279 g/mol. The molecule has 0 N–H and O–H groups in total. The van der Waals surface area contributed by atoms with Crippen molar-refractivity contribution in [3.05, 3.63) is 28.5 Å². The normalized spacial score (nSPS) is 11.4. The Morgan fingerprint density at radius 2 is 2.07 bits per heavy atom. The molecule has 0 aliphatic carbocycles. The van der Waals surface area contributed by atoms with Crippen LogP contribution in [-0.4, -0.2) is 15.5 Å². The first-order valence-corrected chi connectivity index (χ1v) is 5.52. The van der Waals surface area contributed by atoms with E-state index in [1.165, 1.54) is 6.07 Å². The molecule has 0 saturated carbocycles. The van der Waals surface area contributed by atoms with Crippen molar-refractivity contribution in [2.75, 3.05) is 7.11 Å². The number of benzene rings is 1. The summed E-state index contributed by atoms with van der Waals surface area (Å²) in [7, 11) is -3.10. The van der Waals surface area contributed by atoms with Gasteiger partial charge in [0.1, 0.15) is 5.82 Å². The molecule has 7 heteroatoms. The van der Waals surface area contributed by atoms with Gasteiger partial charge in [-0.25, -0.2) is 8.57 Å². The highest BCUT2D eigenvalue weighted by Gasteiger charge is 2.13. The van der Waals surface area contributed by atoms with Gasteiger partial charge in [0.2, 0.25) is 0 Å². The van der Waals surface area contributed by atoms with E-state index >= 15 is 0 Å². The fourth-order valence-electron chi connectivity index (χ4n) is 0.687. The standard InChI is InChI=1S/C7H6BrFO4S/c1-12-14(10,11)13-7-3-2-5(9)4-6(7)8/h2-4H,1H3. The van der Waals surface area contributed by atoms with E-state index < -0.39 is 16.2 Å². The van der Waals surface area contributed by atoms with Crippen molar-refractivity contribution < 1.29 is 21.2 Å². The highest BCUT2D eigenvalue weighted by atomic mass is 79.9. The third-order valence-corrected chi connectivity index (χ3v) is 2.70. The fraction of sp³-hybridized carbons (Fsp3) is 0.143. The Morgan fingerprint density at radius 1 is 1.43 bits per heavy atom. The number of rotatable bonds is 3. The van der Waals surface area contributed by atoms with E-state index in [4.69, 9.17) is 0 Å². The zero-order valence-electron chi connectivity index (χ0n) is 7.03. The summed E-state index contributed by atoms with van der Waals surface area (Å²) >= 11 is 2.94. The second-order valence-electron chi connectivity index (χ2n) is 2.23. The number of hydrogen-bond acceptors (Lipinski definition) is 4. The minimum absolute atomic E-state index is 0.0340. The molecule has 0 atom stereocenters. The summed E-state index contributed by atoms with van der Waals surface area (Å²) in [6.45, 7) is 0. The lowest BCUT2D eigenvalue weighted by atomic mass is 10.3. The van der Waals surface area contributed by atoms with Gasteiger partial charge in [0.05, 0.1) is 11.6 Å². The number of halogens is 2. The van der Waals surface area contributed by atoms with Gasteiger partial charge in [-0.3, -0.25) is 0 Å². The van der Waals surface area contributed by atoms with Gasteiger partial charge in [0.25, 0.3) is 0 Å². The first-order chi connectivity index (χ1) is 6.44. The van der Waals surface area contributed by atoms with Crippen LogP contribution in [-0.2, 0) is 14.6 Å². The molecule has 0 radical (unpaired) electrons. The monoisotopic (exact) mass is 284 g/mol. The van der Waals surface area contributed by atoms with Crippen LogP contribution in [0.4, 0.5) is 4.39 Å². The first kappa shape index (κ1) is 11.4. The number of hydrogen-bond donors (Lipinski definition) is 0. The molecule has 0 aromatic heterocycles. The van der Waals surface area contributed by atoms with E-state index in [1.54, 1.807) is 0 Å². The Bertz CT molecular complexity index is 431. The van der Waals surface area contributed by atoms with Gasteiger partial charge in [0.15, 0.2) is 5.75 Å². The molecule has 1 aromatic rings. The lowest BCUT2D eigenvalue weighted by Crippen LogP contribution is -2.10. The highest BCUT2D eigenvalue weighted by Crippen LogP contribution is 2.26. The summed E-state index contributed by atoms with van der Waals surface area (Å²) < 4.78 is 43.0. The summed E-state index contributed by atoms with van der Waals surface area (Å²) in [5.74, 6) is -0.535. The maximum atomic E-state index is 12.6.